The normalized spacial score (nSPS) is 11.0. The van der Waals surface area contributed by atoms with Crippen LogP contribution in [0.3, 0.4) is 0 Å². The quantitative estimate of drug-likeness (QED) is 0.750. The van der Waals surface area contributed by atoms with E-state index in [0.717, 1.165) is 9.80 Å². The Morgan fingerprint density at radius 3 is 2.62 bits per heavy atom. The molecule has 0 aromatic heterocycles. The Labute approximate surface area is 128 Å². The van der Waals surface area contributed by atoms with Gasteiger partial charge in [0.15, 0.2) is 0 Å². The fourth-order valence-corrected chi connectivity index (χ4v) is 2.76. The predicted octanol–water partition coefficient (Wildman–Crippen LogP) is 2.87. The standard InChI is InChI=1S/C15H21F2NO2S/c1-11-3-4-13(9-12(11)2)21-8-5-15(20)18(6-7-19)10-14(16)17/h3-4,9,14,19H,5-8,10H2,1-2H3. The number of thioether (sulfide) groups is 1. The number of carbonyl (C=O) groups excluding carboxylic acids is 1. The van der Waals surface area contributed by atoms with Gasteiger partial charge < -0.3 is 10.0 Å². The molecule has 0 saturated heterocycles. The van der Waals surface area contributed by atoms with Gasteiger partial charge >= 0.3 is 0 Å². The first-order valence-corrected chi connectivity index (χ1v) is 7.79. The van der Waals surface area contributed by atoms with Crippen LogP contribution in [0, 0.1) is 13.8 Å². The number of halogens is 2. The molecule has 3 nitrogen and oxygen atoms in total. The lowest BCUT2D eigenvalue weighted by Crippen LogP contribution is -2.37. The van der Waals surface area contributed by atoms with E-state index < -0.39 is 13.0 Å². The van der Waals surface area contributed by atoms with Crippen LogP contribution >= 0.6 is 11.8 Å². The summed E-state index contributed by atoms with van der Waals surface area (Å²) < 4.78 is 24.7. The van der Waals surface area contributed by atoms with Crippen molar-refractivity contribution in [3.8, 4) is 0 Å². The Kier molecular flexibility index (Phi) is 7.67. The summed E-state index contributed by atoms with van der Waals surface area (Å²) in [4.78, 5) is 13.9. The maximum atomic E-state index is 12.4. The largest absolute Gasteiger partial charge is 0.395 e. The lowest BCUT2D eigenvalue weighted by atomic mass is 10.1. The molecule has 1 rings (SSSR count). The van der Waals surface area contributed by atoms with E-state index in [2.05, 4.69) is 6.07 Å². The van der Waals surface area contributed by atoms with Crippen LogP contribution in [0.1, 0.15) is 17.5 Å². The SMILES string of the molecule is Cc1ccc(SCCC(=O)N(CCO)CC(F)F)cc1C. The van der Waals surface area contributed by atoms with Gasteiger partial charge in [-0.2, -0.15) is 0 Å². The number of rotatable bonds is 8. The third kappa shape index (κ3) is 6.44. The highest BCUT2D eigenvalue weighted by atomic mass is 32.2. The highest BCUT2D eigenvalue weighted by molar-refractivity contribution is 7.99. The fraction of sp³-hybridized carbons (Fsp3) is 0.533. The average Bonchev–Trinajstić information content (AvgIpc) is 2.41. The predicted molar refractivity (Wildman–Crippen MR) is 80.9 cm³/mol. The summed E-state index contributed by atoms with van der Waals surface area (Å²) in [7, 11) is 0. The Hall–Kier alpha value is -1.14. The van der Waals surface area contributed by atoms with Gasteiger partial charge in [-0.15, -0.1) is 11.8 Å². The lowest BCUT2D eigenvalue weighted by molar-refractivity contribution is -0.133. The van der Waals surface area contributed by atoms with Crippen molar-refractivity contribution in [2.75, 3.05) is 25.4 Å². The number of aryl methyl sites for hydroxylation is 2. The second-order valence-electron chi connectivity index (χ2n) is 4.80. The van der Waals surface area contributed by atoms with Crippen LogP contribution in [0.25, 0.3) is 0 Å². The second kappa shape index (κ2) is 9.00. The highest BCUT2D eigenvalue weighted by Gasteiger charge is 2.17. The Morgan fingerprint density at radius 2 is 2.05 bits per heavy atom. The third-order valence-electron chi connectivity index (χ3n) is 3.14. The van der Waals surface area contributed by atoms with Gasteiger partial charge in [-0.3, -0.25) is 4.79 Å². The molecule has 0 heterocycles. The molecule has 0 aliphatic carbocycles. The first kappa shape index (κ1) is 17.9. The summed E-state index contributed by atoms with van der Waals surface area (Å²) >= 11 is 1.53. The summed E-state index contributed by atoms with van der Waals surface area (Å²) in [6, 6.07) is 6.06. The molecule has 0 unspecified atom stereocenters. The zero-order valence-electron chi connectivity index (χ0n) is 12.3. The van der Waals surface area contributed by atoms with Crippen molar-refractivity contribution < 1.29 is 18.7 Å². The molecule has 1 amide bonds. The van der Waals surface area contributed by atoms with Gasteiger partial charge in [0.05, 0.1) is 13.2 Å². The van der Waals surface area contributed by atoms with E-state index in [1.54, 1.807) is 0 Å². The number of carbonyl (C=O) groups is 1. The summed E-state index contributed by atoms with van der Waals surface area (Å²) in [6.07, 6.45) is -2.39. The number of hydrogen-bond acceptors (Lipinski definition) is 3. The van der Waals surface area contributed by atoms with Crippen LogP contribution in [0.4, 0.5) is 8.78 Å². The van der Waals surface area contributed by atoms with Crippen molar-refractivity contribution in [3.63, 3.8) is 0 Å². The van der Waals surface area contributed by atoms with Crippen molar-refractivity contribution in [1.82, 2.24) is 4.90 Å². The van der Waals surface area contributed by atoms with Crippen molar-refractivity contribution in [2.45, 2.75) is 31.6 Å². The van der Waals surface area contributed by atoms with Gasteiger partial charge in [0, 0.05) is 23.6 Å². The molecule has 1 N–H and O–H groups in total. The molecule has 0 fully saturated rings. The summed E-state index contributed by atoms with van der Waals surface area (Å²) in [6.45, 7) is 3.09. The van der Waals surface area contributed by atoms with E-state index in [1.165, 1.54) is 22.9 Å². The van der Waals surface area contributed by atoms with E-state index in [0.29, 0.717) is 5.75 Å². The fourth-order valence-electron chi connectivity index (χ4n) is 1.82. The number of nitrogens with zero attached hydrogens (tertiary/aromatic N) is 1. The Balaban J connectivity index is 2.45. The second-order valence-corrected chi connectivity index (χ2v) is 5.97. The molecular weight excluding hydrogens is 296 g/mol. The average molecular weight is 317 g/mol. The molecule has 6 heteroatoms. The maximum Gasteiger partial charge on any atom is 0.255 e. The third-order valence-corrected chi connectivity index (χ3v) is 4.14. The Bertz CT molecular complexity index is 469. The maximum absolute atomic E-state index is 12.4. The number of aliphatic hydroxyl groups excluding tert-OH is 1. The molecular formula is C15H21F2NO2S. The molecule has 118 valence electrons. The summed E-state index contributed by atoms with van der Waals surface area (Å²) in [5, 5.41) is 8.81. The van der Waals surface area contributed by atoms with Crippen LogP contribution in [0.15, 0.2) is 23.1 Å². The molecule has 0 aliphatic rings. The minimum atomic E-state index is -2.58. The van der Waals surface area contributed by atoms with Crippen LogP contribution < -0.4 is 0 Å². The van der Waals surface area contributed by atoms with Crippen molar-refractivity contribution in [3.05, 3.63) is 29.3 Å². The molecule has 0 radical (unpaired) electrons. The van der Waals surface area contributed by atoms with Gasteiger partial charge in [0.1, 0.15) is 0 Å². The van der Waals surface area contributed by atoms with Gasteiger partial charge in [-0.05, 0) is 37.1 Å². The topological polar surface area (TPSA) is 40.5 Å². The Morgan fingerprint density at radius 1 is 1.33 bits per heavy atom. The summed E-state index contributed by atoms with van der Waals surface area (Å²) in [5.74, 6) is 0.188. The van der Waals surface area contributed by atoms with Gasteiger partial charge in [0.2, 0.25) is 5.91 Å². The molecule has 0 spiro atoms. The van der Waals surface area contributed by atoms with Crippen LogP contribution in [0.2, 0.25) is 0 Å². The van der Waals surface area contributed by atoms with Crippen LogP contribution in [-0.4, -0.2) is 47.8 Å². The molecule has 1 aromatic rings. The summed E-state index contributed by atoms with van der Waals surface area (Å²) in [5.41, 5.74) is 2.40. The van der Waals surface area contributed by atoms with E-state index >= 15 is 0 Å². The first-order valence-electron chi connectivity index (χ1n) is 6.81. The zero-order chi connectivity index (χ0) is 15.8. The van der Waals surface area contributed by atoms with E-state index in [-0.39, 0.29) is 25.5 Å². The van der Waals surface area contributed by atoms with Crippen LogP contribution in [0.5, 0.6) is 0 Å². The molecule has 0 aliphatic heterocycles. The number of amides is 1. The smallest absolute Gasteiger partial charge is 0.255 e. The lowest BCUT2D eigenvalue weighted by Gasteiger charge is -2.21. The molecule has 0 bridgehead atoms. The number of hydrogen-bond donors (Lipinski definition) is 1. The van der Waals surface area contributed by atoms with Gasteiger partial charge in [0.25, 0.3) is 6.43 Å². The van der Waals surface area contributed by atoms with Gasteiger partial charge in [-0.1, -0.05) is 6.07 Å². The van der Waals surface area contributed by atoms with Gasteiger partial charge in [-0.25, -0.2) is 8.78 Å². The molecule has 21 heavy (non-hydrogen) atoms. The minimum absolute atomic E-state index is 0.0442. The monoisotopic (exact) mass is 317 g/mol. The minimum Gasteiger partial charge on any atom is -0.395 e. The molecule has 0 atom stereocenters. The highest BCUT2D eigenvalue weighted by Crippen LogP contribution is 2.22. The van der Waals surface area contributed by atoms with Crippen molar-refractivity contribution in [1.29, 1.82) is 0 Å². The molecule has 0 saturated carbocycles. The van der Waals surface area contributed by atoms with Crippen LogP contribution in [-0.2, 0) is 4.79 Å². The zero-order valence-corrected chi connectivity index (χ0v) is 13.1. The first-order chi connectivity index (χ1) is 9.93. The molecule has 1 aromatic carbocycles. The van der Waals surface area contributed by atoms with E-state index in [1.807, 2.05) is 26.0 Å². The van der Waals surface area contributed by atoms with E-state index in [9.17, 15) is 13.6 Å². The number of benzene rings is 1. The van der Waals surface area contributed by atoms with E-state index in [4.69, 9.17) is 5.11 Å². The number of aliphatic hydroxyl groups is 1. The number of alkyl halides is 2. The van der Waals surface area contributed by atoms with Crippen molar-refractivity contribution >= 4 is 17.7 Å². The van der Waals surface area contributed by atoms with Crippen molar-refractivity contribution in [2.24, 2.45) is 0 Å².